The minimum absolute atomic E-state index is 0.132. The summed E-state index contributed by atoms with van der Waals surface area (Å²) in [5.74, 6) is 0.0629. The molecule has 0 saturated carbocycles. The first-order valence-electron chi connectivity index (χ1n) is 20.5. The number of carboxylic acids is 1. The van der Waals surface area contributed by atoms with Crippen molar-refractivity contribution in [1.29, 1.82) is 5.26 Å². The number of likely N-dealkylation sites (tertiary alicyclic amines) is 2. The Morgan fingerprint density at radius 1 is 1.00 bits per heavy atom. The Labute approximate surface area is 352 Å². The third-order valence-corrected chi connectivity index (χ3v) is 12.5. The molecular formula is C48H53ClN4O6. The predicted molar refractivity (Wildman–Crippen MR) is 228 cm³/mol. The molecule has 4 aromatic rings. The molecule has 2 fully saturated rings. The number of aliphatic hydroxyl groups is 1. The number of ether oxygens (including phenoxy) is 3. The van der Waals surface area contributed by atoms with Crippen molar-refractivity contribution in [3.05, 3.63) is 142 Å². The lowest BCUT2D eigenvalue weighted by atomic mass is 9.65. The number of halogens is 1. The van der Waals surface area contributed by atoms with E-state index in [1.807, 2.05) is 59.5 Å². The molecule has 2 aliphatic heterocycles. The highest BCUT2D eigenvalue weighted by Gasteiger charge is 2.49. The highest BCUT2D eigenvalue weighted by atomic mass is 35.5. The van der Waals surface area contributed by atoms with Gasteiger partial charge in [0.1, 0.15) is 48.0 Å². The van der Waals surface area contributed by atoms with Crippen LogP contribution in [0.15, 0.2) is 109 Å². The van der Waals surface area contributed by atoms with Gasteiger partial charge in [0, 0.05) is 67.8 Å². The molecule has 7 rings (SSSR count). The minimum Gasteiger partial charge on any atom is -0.488 e. The number of allylic oxidation sites excluding steroid dienone is 2. The zero-order valence-electron chi connectivity index (χ0n) is 33.9. The quantitative estimate of drug-likeness (QED) is 0.106. The average Bonchev–Trinajstić information content (AvgIpc) is 3.64. The summed E-state index contributed by atoms with van der Waals surface area (Å²) < 4.78 is 20.1. The van der Waals surface area contributed by atoms with Crippen molar-refractivity contribution in [2.45, 2.75) is 76.3 Å². The fourth-order valence-electron chi connectivity index (χ4n) is 8.70. The van der Waals surface area contributed by atoms with Gasteiger partial charge >= 0.3 is 5.97 Å². The number of β-amino-alcohol motifs (C(OH)–C–C–N with tert-alkyl or cyclic N) is 1. The molecule has 3 atom stereocenters. The first-order chi connectivity index (χ1) is 28.5. The second-order valence-corrected chi connectivity index (χ2v) is 16.8. The number of carboxylic acid groups (broad SMARTS) is 1. The fraction of sp³-hybridized carbons (Fsp3) is 0.396. The lowest BCUT2D eigenvalue weighted by Crippen LogP contribution is -2.52. The van der Waals surface area contributed by atoms with Gasteiger partial charge in [0.05, 0.1) is 10.6 Å². The Balaban J connectivity index is 1.13. The second kappa shape index (κ2) is 18.5. The number of nitriles is 1. The van der Waals surface area contributed by atoms with Gasteiger partial charge in [-0.15, -0.1) is 0 Å². The Morgan fingerprint density at radius 3 is 2.54 bits per heavy atom. The summed E-state index contributed by atoms with van der Waals surface area (Å²) in [6, 6.07) is 27.0. The number of nitrogens with zero attached hydrogens (tertiary/aromatic N) is 4. The van der Waals surface area contributed by atoms with Gasteiger partial charge in [0.15, 0.2) is 0 Å². The molecule has 11 heteroatoms. The van der Waals surface area contributed by atoms with Gasteiger partial charge in [0.25, 0.3) is 0 Å². The van der Waals surface area contributed by atoms with Crippen LogP contribution in [-0.2, 0) is 28.3 Å². The van der Waals surface area contributed by atoms with Gasteiger partial charge < -0.3 is 24.4 Å². The zero-order chi connectivity index (χ0) is 41.5. The summed E-state index contributed by atoms with van der Waals surface area (Å²) in [6.07, 6.45) is 13.2. The predicted octanol–water partition coefficient (Wildman–Crippen LogP) is 8.42. The van der Waals surface area contributed by atoms with Crippen LogP contribution in [0.5, 0.6) is 11.5 Å². The van der Waals surface area contributed by atoms with E-state index < -0.39 is 28.6 Å². The van der Waals surface area contributed by atoms with Gasteiger partial charge in [-0.05, 0) is 67.1 Å². The van der Waals surface area contributed by atoms with Crippen molar-refractivity contribution >= 4 is 23.1 Å². The summed E-state index contributed by atoms with van der Waals surface area (Å²) >= 11 is 7.04. The van der Waals surface area contributed by atoms with Crippen molar-refractivity contribution < 1.29 is 29.2 Å². The summed E-state index contributed by atoms with van der Waals surface area (Å²) in [4.78, 5) is 20.7. The first kappa shape index (κ1) is 42.1. The molecular weight excluding hydrogens is 764 g/mol. The third-order valence-electron chi connectivity index (χ3n) is 12.2. The highest BCUT2D eigenvalue weighted by molar-refractivity contribution is 6.32. The number of piperidine rings is 1. The van der Waals surface area contributed by atoms with E-state index >= 15 is 0 Å². The smallest absolute Gasteiger partial charge is 0.320 e. The van der Waals surface area contributed by atoms with Crippen LogP contribution in [0.3, 0.4) is 0 Å². The Morgan fingerprint density at radius 2 is 1.78 bits per heavy atom. The van der Waals surface area contributed by atoms with Crippen LogP contribution >= 0.6 is 11.6 Å². The topological polar surface area (TPSA) is 128 Å². The lowest BCUT2D eigenvalue weighted by Gasteiger charge is -2.47. The Kier molecular flexibility index (Phi) is 13.2. The lowest BCUT2D eigenvalue weighted by molar-refractivity contribution is -0.144. The van der Waals surface area contributed by atoms with E-state index in [0.717, 1.165) is 54.6 Å². The van der Waals surface area contributed by atoms with Crippen molar-refractivity contribution in [3.8, 4) is 17.6 Å². The third kappa shape index (κ3) is 9.57. The maximum atomic E-state index is 12.2. The molecule has 0 amide bonds. The van der Waals surface area contributed by atoms with Crippen LogP contribution in [0, 0.1) is 16.7 Å². The highest BCUT2D eigenvalue weighted by Crippen LogP contribution is 2.49. The van der Waals surface area contributed by atoms with E-state index in [-0.39, 0.29) is 13.2 Å². The van der Waals surface area contributed by atoms with Crippen molar-refractivity contribution in [3.63, 3.8) is 0 Å². The first-order valence-corrected chi connectivity index (χ1v) is 20.9. The van der Waals surface area contributed by atoms with Crippen LogP contribution in [0.4, 0.5) is 0 Å². The van der Waals surface area contributed by atoms with Crippen LogP contribution < -0.4 is 9.47 Å². The maximum Gasteiger partial charge on any atom is 0.320 e. The number of hydrogen-bond acceptors (Lipinski definition) is 9. The molecule has 0 radical (unpaired) electrons. The van der Waals surface area contributed by atoms with E-state index in [1.165, 1.54) is 6.20 Å². The SMILES string of the molecule is CC1(C)C(c2ccccc2)=CC=CC1(COc1cc(OCc2cncc(C#N)c2)c(CN2CCCC[C@H]2C(=O)O)cc1Cl)OCCCN1CCC(O)(c2ccccc2)C1. The van der Waals surface area contributed by atoms with Gasteiger partial charge in [-0.1, -0.05) is 105 Å². The molecule has 0 spiro atoms. The van der Waals surface area contributed by atoms with Crippen molar-refractivity contribution in [2.24, 2.45) is 5.41 Å². The number of hydrogen-bond donors (Lipinski definition) is 2. The summed E-state index contributed by atoms with van der Waals surface area (Å²) in [6.45, 7) is 8.21. The number of carbonyl (C=O) groups is 1. The summed E-state index contributed by atoms with van der Waals surface area (Å²) in [5.41, 5.74) is 2.73. The molecule has 59 heavy (non-hydrogen) atoms. The molecule has 10 nitrogen and oxygen atoms in total. The molecule has 1 aliphatic carbocycles. The van der Waals surface area contributed by atoms with Crippen molar-refractivity contribution in [1.82, 2.24) is 14.8 Å². The number of pyridine rings is 1. The Bertz CT molecular complexity index is 2190. The normalized spacial score (nSPS) is 23.0. The number of aliphatic carboxylic acids is 1. The van der Waals surface area contributed by atoms with E-state index in [0.29, 0.717) is 66.7 Å². The van der Waals surface area contributed by atoms with Crippen LogP contribution in [0.1, 0.15) is 73.8 Å². The van der Waals surface area contributed by atoms with E-state index in [9.17, 15) is 20.3 Å². The van der Waals surface area contributed by atoms with Gasteiger partial charge in [-0.3, -0.25) is 19.6 Å². The molecule has 1 aromatic heterocycles. The zero-order valence-corrected chi connectivity index (χ0v) is 34.6. The monoisotopic (exact) mass is 816 g/mol. The van der Waals surface area contributed by atoms with E-state index in [1.54, 1.807) is 24.4 Å². The van der Waals surface area contributed by atoms with Gasteiger partial charge in [0.2, 0.25) is 0 Å². The molecule has 308 valence electrons. The van der Waals surface area contributed by atoms with E-state index in [4.69, 9.17) is 25.8 Å². The minimum atomic E-state index is -0.905. The molecule has 2 saturated heterocycles. The summed E-state index contributed by atoms with van der Waals surface area (Å²) in [5, 5.41) is 31.3. The largest absolute Gasteiger partial charge is 0.488 e. The van der Waals surface area contributed by atoms with Crippen LogP contribution in [0.2, 0.25) is 5.02 Å². The number of benzene rings is 3. The maximum absolute atomic E-state index is 12.2. The second-order valence-electron chi connectivity index (χ2n) is 16.4. The summed E-state index contributed by atoms with van der Waals surface area (Å²) in [7, 11) is 0. The molecule has 3 aromatic carbocycles. The number of aromatic nitrogens is 1. The molecule has 2 N–H and O–H groups in total. The Hall–Kier alpha value is -5.02. The standard InChI is InChI=1S/C48H53ClN4O6/c1-46(2)40(37-13-5-3-6-14-37)17-11-19-48(46,59-24-12-21-52-23-20-47(56,33-52)39-15-7-4-8-16-39)34-58-44-27-43(57-32-36-25-35(28-50)29-51-30-36)38(26-41(44)49)31-53-22-10-9-18-42(53)45(54)55/h3-8,11,13-17,19,25-27,29-30,42,56H,9-10,12,18,20-24,31-34H2,1-2H3,(H,54,55)/t42-,47?,48?/m0/s1. The average molecular weight is 817 g/mol. The van der Waals surface area contributed by atoms with Gasteiger partial charge in [-0.2, -0.15) is 5.26 Å². The van der Waals surface area contributed by atoms with Crippen molar-refractivity contribution in [2.75, 3.05) is 39.4 Å². The molecule has 3 heterocycles. The van der Waals surface area contributed by atoms with Crippen LogP contribution in [-0.4, -0.2) is 82.0 Å². The molecule has 0 bridgehead atoms. The van der Waals surface area contributed by atoms with E-state index in [2.05, 4.69) is 54.1 Å². The number of rotatable bonds is 16. The molecule has 2 unspecified atom stereocenters. The molecule has 3 aliphatic rings. The van der Waals surface area contributed by atoms with Gasteiger partial charge in [-0.25, -0.2) is 0 Å². The fourth-order valence-corrected chi connectivity index (χ4v) is 8.94. The van der Waals surface area contributed by atoms with Crippen LogP contribution in [0.25, 0.3) is 5.57 Å².